The van der Waals surface area contributed by atoms with Crippen molar-refractivity contribution in [3.8, 4) is 0 Å². The summed E-state index contributed by atoms with van der Waals surface area (Å²) in [5.74, 6) is 1.79. The van der Waals surface area contributed by atoms with E-state index in [4.69, 9.17) is 9.15 Å². The molecule has 1 aromatic carbocycles. The summed E-state index contributed by atoms with van der Waals surface area (Å²) in [7, 11) is 1.70. The second-order valence-electron chi connectivity index (χ2n) is 5.20. The summed E-state index contributed by atoms with van der Waals surface area (Å²) in [5.41, 5.74) is 2.34. The molecule has 0 amide bonds. The first-order chi connectivity index (χ1) is 11.3. The minimum absolute atomic E-state index is 0.639. The third-order valence-electron chi connectivity index (χ3n) is 3.34. The molecule has 0 unspecified atom stereocenters. The summed E-state index contributed by atoms with van der Waals surface area (Å²) in [6, 6.07) is 12.2. The van der Waals surface area contributed by atoms with Crippen LogP contribution in [0.15, 0.2) is 52.1 Å². The Labute approximate surface area is 137 Å². The average Bonchev–Trinajstić information content (AvgIpc) is 3.07. The van der Waals surface area contributed by atoms with Crippen molar-refractivity contribution < 1.29 is 9.15 Å². The van der Waals surface area contributed by atoms with Crippen molar-refractivity contribution >= 4 is 5.96 Å². The van der Waals surface area contributed by atoms with Gasteiger partial charge < -0.3 is 19.8 Å². The molecule has 1 heterocycles. The summed E-state index contributed by atoms with van der Waals surface area (Å²) < 4.78 is 10.4. The maximum absolute atomic E-state index is 5.33. The molecule has 0 aliphatic rings. The molecule has 124 valence electrons. The number of guanidine groups is 1. The molecule has 0 atom stereocenters. The molecule has 0 spiro atoms. The molecule has 2 rings (SSSR count). The van der Waals surface area contributed by atoms with Crippen LogP contribution in [0, 0.1) is 0 Å². The number of hydrogen-bond donors (Lipinski definition) is 2. The van der Waals surface area contributed by atoms with E-state index in [0.29, 0.717) is 13.2 Å². The molecule has 0 radical (unpaired) electrons. The Hall–Kier alpha value is -2.27. The number of benzene rings is 1. The first kappa shape index (κ1) is 17.1. The molecule has 0 aliphatic carbocycles. The van der Waals surface area contributed by atoms with E-state index >= 15 is 0 Å². The minimum atomic E-state index is 0.639. The zero-order valence-corrected chi connectivity index (χ0v) is 13.8. The van der Waals surface area contributed by atoms with Crippen molar-refractivity contribution in [1.29, 1.82) is 0 Å². The minimum Gasteiger partial charge on any atom is -0.469 e. The van der Waals surface area contributed by atoms with Crippen LogP contribution in [-0.2, 0) is 24.3 Å². The average molecular weight is 315 g/mol. The van der Waals surface area contributed by atoms with Gasteiger partial charge in [-0.3, -0.25) is 0 Å². The van der Waals surface area contributed by atoms with Crippen LogP contribution in [0.3, 0.4) is 0 Å². The topological polar surface area (TPSA) is 58.8 Å². The third-order valence-corrected chi connectivity index (χ3v) is 3.34. The summed E-state index contributed by atoms with van der Waals surface area (Å²) in [4.78, 5) is 4.61. The fraction of sp³-hybridized carbons (Fsp3) is 0.389. The van der Waals surface area contributed by atoms with Crippen molar-refractivity contribution in [2.75, 3.05) is 20.2 Å². The SMILES string of the molecule is CCNC(=NCc1ccc(COC)cc1)NCCc1ccco1. The van der Waals surface area contributed by atoms with Gasteiger partial charge in [-0.05, 0) is 30.2 Å². The van der Waals surface area contributed by atoms with E-state index in [1.165, 1.54) is 11.1 Å². The van der Waals surface area contributed by atoms with E-state index in [9.17, 15) is 0 Å². The molecular weight excluding hydrogens is 290 g/mol. The van der Waals surface area contributed by atoms with Crippen molar-refractivity contribution in [2.45, 2.75) is 26.5 Å². The largest absolute Gasteiger partial charge is 0.469 e. The molecule has 5 nitrogen and oxygen atoms in total. The van der Waals surface area contributed by atoms with Crippen LogP contribution >= 0.6 is 0 Å². The molecule has 0 aliphatic heterocycles. The quantitative estimate of drug-likeness (QED) is 0.581. The number of furan rings is 1. The van der Waals surface area contributed by atoms with Gasteiger partial charge in [0.15, 0.2) is 5.96 Å². The Balaban J connectivity index is 1.84. The Bertz CT molecular complexity index is 577. The maximum atomic E-state index is 5.33. The smallest absolute Gasteiger partial charge is 0.191 e. The van der Waals surface area contributed by atoms with E-state index < -0.39 is 0 Å². The lowest BCUT2D eigenvalue weighted by molar-refractivity contribution is 0.185. The van der Waals surface area contributed by atoms with Gasteiger partial charge >= 0.3 is 0 Å². The van der Waals surface area contributed by atoms with Gasteiger partial charge in [-0.1, -0.05) is 24.3 Å². The van der Waals surface area contributed by atoms with Gasteiger partial charge in [-0.25, -0.2) is 4.99 Å². The van der Waals surface area contributed by atoms with E-state index in [-0.39, 0.29) is 0 Å². The van der Waals surface area contributed by atoms with Crippen LogP contribution < -0.4 is 10.6 Å². The highest BCUT2D eigenvalue weighted by molar-refractivity contribution is 5.79. The lowest BCUT2D eigenvalue weighted by atomic mass is 10.1. The zero-order valence-electron chi connectivity index (χ0n) is 13.8. The van der Waals surface area contributed by atoms with E-state index in [1.54, 1.807) is 13.4 Å². The molecule has 0 saturated heterocycles. The monoisotopic (exact) mass is 315 g/mol. The Morgan fingerprint density at radius 3 is 2.57 bits per heavy atom. The zero-order chi connectivity index (χ0) is 16.3. The highest BCUT2D eigenvalue weighted by Crippen LogP contribution is 2.06. The van der Waals surface area contributed by atoms with Crippen LogP contribution in [0.5, 0.6) is 0 Å². The standard InChI is InChI=1S/C18H25N3O2/c1-3-19-18(20-11-10-17-5-4-12-23-17)21-13-15-6-8-16(9-7-15)14-22-2/h4-9,12H,3,10-11,13-14H2,1-2H3,(H2,19,20,21). The fourth-order valence-corrected chi connectivity index (χ4v) is 2.18. The number of nitrogens with zero attached hydrogens (tertiary/aromatic N) is 1. The number of methoxy groups -OCH3 is 1. The molecule has 5 heteroatoms. The van der Waals surface area contributed by atoms with Crippen molar-refractivity contribution in [2.24, 2.45) is 4.99 Å². The molecular formula is C18H25N3O2. The summed E-state index contributed by atoms with van der Waals surface area (Å²) in [6.07, 6.45) is 2.53. The summed E-state index contributed by atoms with van der Waals surface area (Å²) in [6.45, 7) is 4.96. The normalized spacial score (nSPS) is 11.5. The molecule has 23 heavy (non-hydrogen) atoms. The van der Waals surface area contributed by atoms with Gasteiger partial charge in [0.25, 0.3) is 0 Å². The number of aliphatic imine (C=N–C) groups is 1. The number of rotatable bonds is 8. The van der Waals surface area contributed by atoms with Crippen LogP contribution in [-0.4, -0.2) is 26.2 Å². The highest BCUT2D eigenvalue weighted by Gasteiger charge is 2.00. The van der Waals surface area contributed by atoms with Crippen molar-refractivity contribution in [3.63, 3.8) is 0 Å². The Morgan fingerprint density at radius 1 is 1.13 bits per heavy atom. The van der Waals surface area contributed by atoms with Gasteiger partial charge in [0, 0.05) is 26.6 Å². The van der Waals surface area contributed by atoms with Crippen LogP contribution in [0.25, 0.3) is 0 Å². The van der Waals surface area contributed by atoms with Gasteiger partial charge in [-0.15, -0.1) is 0 Å². The highest BCUT2D eigenvalue weighted by atomic mass is 16.5. The number of nitrogens with one attached hydrogen (secondary N) is 2. The van der Waals surface area contributed by atoms with Crippen LogP contribution in [0.2, 0.25) is 0 Å². The maximum Gasteiger partial charge on any atom is 0.191 e. The second kappa shape index (κ2) is 9.69. The van der Waals surface area contributed by atoms with Gasteiger partial charge in [0.2, 0.25) is 0 Å². The molecule has 2 N–H and O–H groups in total. The molecule has 0 bridgehead atoms. The van der Waals surface area contributed by atoms with Crippen LogP contribution in [0.1, 0.15) is 23.8 Å². The predicted octanol–water partition coefficient (Wildman–Crippen LogP) is 2.72. The number of ether oxygens (including phenoxy) is 1. The first-order valence-corrected chi connectivity index (χ1v) is 7.93. The molecule has 2 aromatic rings. The molecule has 0 saturated carbocycles. The number of hydrogen-bond acceptors (Lipinski definition) is 3. The van der Waals surface area contributed by atoms with E-state index in [0.717, 1.165) is 31.2 Å². The Morgan fingerprint density at radius 2 is 1.91 bits per heavy atom. The summed E-state index contributed by atoms with van der Waals surface area (Å²) >= 11 is 0. The summed E-state index contributed by atoms with van der Waals surface area (Å²) in [5, 5.41) is 6.57. The van der Waals surface area contributed by atoms with Crippen LogP contribution in [0.4, 0.5) is 0 Å². The van der Waals surface area contributed by atoms with Crippen molar-refractivity contribution in [1.82, 2.24) is 10.6 Å². The molecule has 1 aromatic heterocycles. The third kappa shape index (κ3) is 6.16. The predicted molar refractivity (Wildman–Crippen MR) is 92.4 cm³/mol. The van der Waals surface area contributed by atoms with Gasteiger partial charge in [-0.2, -0.15) is 0 Å². The van der Waals surface area contributed by atoms with E-state index in [1.807, 2.05) is 12.1 Å². The van der Waals surface area contributed by atoms with Gasteiger partial charge in [0.1, 0.15) is 5.76 Å². The molecule has 0 fully saturated rings. The second-order valence-corrected chi connectivity index (χ2v) is 5.20. The fourth-order valence-electron chi connectivity index (χ4n) is 2.18. The van der Waals surface area contributed by atoms with E-state index in [2.05, 4.69) is 46.8 Å². The van der Waals surface area contributed by atoms with Gasteiger partial charge in [0.05, 0.1) is 19.4 Å². The lowest BCUT2D eigenvalue weighted by Crippen LogP contribution is -2.38. The lowest BCUT2D eigenvalue weighted by Gasteiger charge is -2.10. The Kier molecular flexibility index (Phi) is 7.20. The first-order valence-electron chi connectivity index (χ1n) is 7.93. The van der Waals surface area contributed by atoms with Crippen molar-refractivity contribution in [3.05, 3.63) is 59.5 Å².